The lowest BCUT2D eigenvalue weighted by atomic mass is 9.96. The van der Waals surface area contributed by atoms with Crippen LogP contribution in [0.3, 0.4) is 0 Å². The molecule has 1 saturated heterocycles. The molecule has 0 N–H and O–H groups in total. The molecule has 7 heteroatoms. The maximum absolute atomic E-state index is 12.5. The maximum Gasteiger partial charge on any atom is 0.272 e. The molecule has 0 bridgehead atoms. The van der Waals surface area contributed by atoms with Gasteiger partial charge in [-0.2, -0.15) is 4.98 Å². The zero-order chi connectivity index (χ0) is 15.7. The van der Waals surface area contributed by atoms with Crippen LogP contribution in [0.1, 0.15) is 52.5 Å². The van der Waals surface area contributed by atoms with Crippen LogP contribution in [0.15, 0.2) is 10.6 Å². The number of hydrogen-bond donors (Lipinski definition) is 0. The van der Waals surface area contributed by atoms with E-state index in [9.17, 15) is 4.79 Å². The van der Waals surface area contributed by atoms with Gasteiger partial charge < -0.3 is 9.42 Å². The Bertz CT molecular complexity index is 669. The molecule has 3 heterocycles. The molecule has 1 fully saturated rings. The van der Waals surface area contributed by atoms with Gasteiger partial charge in [0.2, 0.25) is 5.89 Å². The molecule has 7 nitrogen and oxygen atoms in total. The quantitative estimate of drug-likeness (QED) is 0.841. The van der Waals surface area contributed by atoms with Crippen molar-refractivity contribution in [2.24, 2.45) is 0 Å². The molecule has 0 spiro atoms. The first-order valence-corrected chi connectivity index (χ1v) is 7.44. The normalized spacial score (nSPS) is 16.0. The second kappa shape index (κ2) is 5.82. The molecule has 0 unspecified atom stereocenters. The van der Waals surface area contributed by atoms with E-state index in [-0.39, 0.29) is 11.8 Å². The van der Waals surface area contributed by atoms with Crippen molar-refractivity contribution in [3.63, 3.8) is 0 Å². The number of aryl methyl sites for hydroxylation is 3. The van der Waals surface area contributed by atoms with E-state index in [1.807, 2.05) is 11.8 Å². The fraction of sp³-hybridized carbons (Fsp3) is 0.533. The van der Waals surface area contributed by atoms with Crippen molar-refractivity contribution >= 4 is 5.91 Å². The summed E-state index contributed by atoms with van der Waals surface area (Å²) < 4.78 is 5.03. The van der Waals surface area contributed by atoms with Crippen molar-refractivity contribution in [1.82, 2.24) is 25.0 Å². The van der Waals surface area contributed by atoms with Crippen LogP contribution in [-0.4, -0.2) is 44.0 Å². The van der Waals surface area contributed by atoms with Gasteiger partial charge >= 0.3 is 0 Å². The van der Waals surface area contributed by atoms with Crippen LogP contribution < -0.4 is 0 Å². The third kappa shape index (κ3) is 2.98. The second-order valence-corrected chi connectivity index (χ2v) is 5.68. The van der Waals surface area contributed by atoms with Crippen LogP contribution in [0, 0.1) is 20.8 Å². The summed E-state index contributed by atoms with van der Waals surface area (Å²) in [7, 11) is 0. The van der Waals surface area contributed by atoms with Crippen LogP contribution in [-0.2, 0) is 0 Å². The van der Waals surface area contributed by atoms with Gasteiger partial charge in [0.25, 0.3) is 5.91 Å². The van der Waals surface area contributed by atoms with Gasteiger partial charge in [-0.25, -0.2) is 9.97 Å². The van der Waals surface area contributed by atoms with Gasteiger partial charge in [0, 0.05) is 31.6 Å². The van der Waals surface area contributed by atoms with Crippen LogP contribution in [0.5, 0.6) is 0 Å². The molecule has 2 aromatic rings. The van der Waals surface area contributed by atoms with Gasteiger partial charge in [0.15, 0.2) is 5.82 Å². The van der Waals surface area contributed by atoms with Gasteiger partial charge in [-0.15, -0.1) is 0 Å². The predicted octanol–water partition coefficient (Wildman–Crippen LogP) is 1.80. The van der Waals surface area contributed by atoms with Gasteiger partial charge in [-0.1, -0.05) is 5.16 Å². The number of aromatic nitrogens is 4. The fourth-order valence-electron chi connectivity index (χ4n) is 2.81. The molecule has 0 atom stereocenters. The number of carbonyl (C=O) groups excluding carboxylic acids is 1. The van der Waals surface area contributed by atoms with Crippen LogP contribution in [0.2, 0.25) is 0 Å². The minimum atomic E-state index is -0.0312. The zero-order valence-corrected chi connectivity index (χ0v) is 13.0. The summed E-state index contributed by atoms with van der Waals surface area (Å²) in [5.41, 5.74) is 1.28. The van der Waals surface area contributed by atoms with Crippen molar-refractivity contribution in [1.29, 1.82) is 0 Å². The molecule has 1 aliphatic rings. The topological polar surface area (TPSA) is 85.0 Å². The van der Waals surface area contributed by atoms with Gasteiger partial charge in [-0.05, 0) is 32.8 Å². The summed E-state index contributed by atoms with van der Waals surface area (Å²) in [6, 6.07) is 1.74. The highest BCUT2D eigenvalue weighted by Crippen LogP contribution is 2.26. The van der Waals surface area contributed by atoms with E-state index < -0.39 is 0 Å². The first-order chi connectivity index (χ1) is 10.5. The molecule has 22 heavy (non-hydrogen) atoms. The first kappa shape index (κ1) is 14.6. The second-order valence-electron chi connectivity index (χ2n) is 5.68. The molecule has 0 aliphatic carbocycles. The molecule has 0 radical (unpaired) electrons. The number of piperidine rings is 1. The summed E-state index contributed by atoms with van der Waals surface area (Å²) in [5.74, 6) is 2.19. The van der Waals surface area contributed by atoms with Gasteiger partial charge in [0.1, 0.15) is 11.5 Å². The SMILES string of the molecule is Cc1cc(C(=O)N2CCC(c3noc(C)n3)CC2)nc(C)n1. The number of rotatable bonds is 2. The van der Waals surface area contributed by atoms with Gasteiger partial charge in [-0.3, -0.25) is 4.79 Å². The monoisotopic (exact) mass is 301 g/mol. The van der Waals surface area contributed by atoms with Crippen molar-refractivity contribution in [3.05, 3.63) is 35.0 Å². The summed E-state index contributed by atoms with van der Waals surface area (Å²) in [6.07, 6.45) is 1.68. The average molecular weight is 301 g/mol. The van der Waals surface area contributed by atoms with Crippen molar-refractivity contribution in [3.8, 4) is 0 Å². The standard InChI is InChI=1S/C15H19N5O2/c1-9-8-13(17-10(2)16-9)15(21)20-6-4-12(5-7-20)14-18-11(3)22-19-14/h8,12H,4-7H2,1-3H3. The minimum absolute atomic E-state index is 0.0312. The first-order valence-electron chi connectivity index (χ1n) is 7.44. The lowest BCUT2D eigenvalue weighted by Crippen LogP contribution is -2.38. The van der Waals surface area contributed by atoms with Crippen LogP contribution >= 0.6 is 0 Å². The molecule has 2 aromatic heterocycles. The van der Waals surface area contributed by atoms with E-state index in [1.165, 1.54) is 0 Å². The Labute approximate surface area is 128 Å². The highest BCUT2D eigenvalue weighted by Gasteiger charge is 2.27. The zero-order valence-electron chi connectivity index (χ0n) is 13.0. The van der Waals surface area contributed by atoms with Crippen molar-refractivity contribution < 1.29 is 9.32 Å². The minimum Gasteiger partial charge on any atom is -0.340 e. The Kier molecular flexibility index (Phi) is 3.87. The summed E-state index contributed by atoms with van der Waals surface area (Å²) >= 11 is 0. The molecule has 3 rings (SSSR count). The lowest BCUT2D eigenvalue weighted by Gasteiger charge is -2.30. The summed E-state index contributed by atoms with van der Waals surface area (Å²) in [4.78, 5) is 27.1. The third-order valence-electron chi connectivity index (χ3n) is 3.88. The van der Waals surface area contributed by atoms with E-state index >= 15 is 0 Å². The molecule has 1 aliphatic heterocycles. The Morgan fingerprint density at radius 1 is 1.18 bits per heavy atom. The van der Waals surface area contributed by atoms with E-state index in [4.69, 9.17) is 4.52 Å². The smallest absolute Gasteiger partial charge is 0.272 e. The van der Waals surface area contributed by atoms with E-state index in [2.05, 4.69) is 20.1 Å². The van der Waals surface area contributed by atoms with Crippen molar-refractivity contribution in [2.75, 3.05) is 13.1 Å². The highest BCUT2D eigenvalue weighted by atomic mass is 16.5. The van der Waals surface area contributed by atoms with E-state index in [0.717, 1.165) is 24.4 Å². The Balaban J connectivity index is 1.67. The Morgan fingerprint density at radius 3 is 2.50 bits per heavy atom. The molecule has 1 amide bonds. The van der Waals surface area contributed by atoms with Crippen LogP contribution in [0.4, 0.5) is 0 Å². The average Bonchev–Trinajstić information content (AvgIpc) is 2.92. The number of carbonyl (C=O) groups is 1. The van der Waals surface area contributed by atoms with Gasteiger partial charge in [0.05, 0.1) is 0 Å². The van der Waals surface area contributed by atoms with E-state index in [0.29, 0.717) is 30.5 Å². The Morgan fingerprint density at radius 2 is 1.91 bits per heavy atom. The Hall–Kier alpha value is -2.31. The molecular weight excluding hydrogens is 282 g/mol. The molecule has 116 valence electrons. The number of nitrogens with zero attached hydrogens (tertiary/aromatic N) is 5. The molecular formula is C15H19N5O2. The molecule has 0 saturated carbocycles. The largest absolute Gasteiger partial charge is 0.340 e. The summed E-state index contributed by atoms with van der Waals surface area (Å²) in [6.45, 7) is 6.82. The van der Waals surface area contributed by atoms with E-state index in [1.54, 1.807) is 19.9 Å². The van der Waals surface area contributed by atoms with Crippen molar-refractivity contribution in [2.45, 2.75) is 39.5 Å². The third-order valence-corrected chi connectivity index (χ3v) is 3.88. The number of amides is 1. The maximum atomic E-state index is 12.5. The number of hydrogen-bond acceptors (Lipinski definition) is 6. The predicted molar refractivity (Wildman–Crippen MR) is 78.4 cm³/mol. The molecule has 0 aromatic carbocycles. The van der Waals surface area contributed by atoms with Crippen LogP contribution in [0.25, 0.3) is 0 Å². The lowest BCUT2D eigenvalue weighted by molar-refractivity contribution is 0.0704. The fourth-order valence-corrected chi connectivity index (χ4v) is 2.81. The number of likely N-dealkylation sites (tertiary alicyclic amines) is 1. The summed E-state index contributed by atoms with van der Waals surface area (Å²) in [5, 5.41) is 3.98. The highest BCUT2D eigenvalue weighted by molar-refractivity contribution is 5.92.